The number of benzene rings is 3. The minimum Gasteiger partial charge on any atom is -0.322 e. The Morgan fingerprint density at radius 1 is 0.852 bits per heavy atom. The molecule has 7 heteroatoms. The standard InChI is InChI=1S/C20H17BrN2O3S/c21-17-9-5-10-18(13-17)22-20(24)16-8-4-11-19(12-16)23-27(25,26)14-15-6-2-1-3-7-15/h1-13,23H,14H2,(H,22,24). The van der Waals surface area contributed by atoms with Gasteiger partial charge < -0.3 is 5.32 Å². The van der Waals surface area contributed by atoms with Gasteiger partial charge in [-0.05, 0) is 42.0 Å². The molecule has 0 radical (unpaired) electrons. The van der Waals surface area contributed by atoms with Crippen molar-refractivity contribution in [2.45, 2.75) is 5.75 Å². The van der Waals surface area contributed by atoms with Crippen molar-refractivity contribution in [1.82, 2.24) is 0 Å². The molecular weight excluding hydrogens is 428 g/mol. The first-order chi connectivity index (χ1) is 12.9. The van der Waals surface area contributed by atoms with Crippen LogP contribution in [0.15, 0.2) is 83.3 Å². The Morgan fingerprint density at radius 3 is 2.30 bits per heavy atom. The van der Waals surface area contributed by atoms with E-state index in [1.807, 2.05) is 18.2 Å². The number of carbonyl (C=O) groups excluding carboxylic acids is 1. The highest BCUT2D eigenvalue weighted by Gasteiger charge is 2.13. The van der Waals surface area contributed by atoms with Gasteiger partial charge in [0.25, 0.3) is 5.91 Å². The summed E-state index contributed by atoms with van der Waals surface area (Å²) in [6.07, 6.45) is 0. The van der Waals surface area contributed by atoms with Gasteiger partial charge in [0.15, 0.2) is 0 Å². The Morgan fingerprint density at radius 2 is 1.56 bits per heavy atom. The van der Waals surface area contributed by atoms with Gasteiger partial charge in [-0.3, -0.25) is 9.52 Å². The number of halogens is 1. The van der Waals surface area contributed by atoms with Crippen LogP contribution in [0.1, 0.15) is 15.9 Å². The fourth-order valence-electron chi connectivity index (χ4n) is 2.50. The zero-order valence-electron chi connectivity index (χ0n) is 14.2. The lowest BCUT2D eigenvalue weighted by molar-refractivity contribution is 0.102. The van der Waals surface area contributed by atoms with Crippen molar-refractivity contribution in [2.75, 3.05) is 10.0 Å². The molecule has 3 aromatic rings. The Labute approximate surface area is 166 Å². The molecule has 1 amide bonds. The summed E-state index contributed by atoms with van der Waals surface area (Å²) in [5, 5.41) is 2.78. The van der Waals surface area contributed by atoms with Gasteiger partial charge in [0, 0.05) is 21.4 Å². The van der Waals surface area contributed by atoms with Crippen molar-refractivity contribution in [3.8, 4) is 0 Å². The summed E-state index contributed by atoms with van der Waals surface area (Å²) < 4.78 is 28.1. The topological polar surface area (TPSA) is 75.3 Å². The van der Waals surface area contributed by atoms with Gasteiger partial charge in [0.2, 0.25) is 10.0 Å². The average molecular weight is 445 g/mol. The summed E-state index contributed by atoms with van der Waals surface area (Å²) >= 11 is 3.35. The number of hydrogen-bond donors (Lipinski definition) is 2. The van der Waals surface area contributed by atoms with Crippen LogP contribution in [-0.2, 0) is 15.8 Å². The van der Waals surface area contributed by atoms with Gasteiger partial charge in [-0.25, -0.2) is 8.42 Å². The molecule has 0 saturated carbocycles. The molecule has 2 N–H and O–H groups in total. The number of rotatable bonds is 6. The molecule has 0 aliphatic carbocycles. The summed E-state index contributed by atoms with van der Waals surface area (Å²) in [5.74, 6) is -0.459. The quantitative estimate of drug-likeness (QED) is 0.581. The fourth-order valence-corrected chi connectivity index (χ4v) is 4.09. The second-order valence-corrected chi connectivity index (χ2v) is 8.53. The summed E-state index contributed by atoms with van der Waals surface area (Å²) in [5.41, 5.74) is 2.03. The SMILES string of the molecule is O=C(Nc1cccc(Br)c1)c1cccc(NS(=O)(=O)Cc2ccccc2)c1. The average Bonchev–Trinajstić information content (AvgIpc) is 2.62. The van der Waals surface area contributed by atoms with Crippen LogP contribution in [0, 0.1) is 0 Å². The molecular formula is C20H17BrN2O3S. The first kappa shape index (κ1) is 19.1. The zero-order valence-corrected chi connectivity index (χ0v) is 16.6. The summed E-state index contributed by atoms with van der Waals surface area (Å²) in [4.78, 5) is 12.4. The molecule has 27 heavy (non-hydrogen) atoms. The molecule has 5 nitrogen and oxygen atoms in total. The van der Waals surface area contributed by atoms with Crippen LogP contribution in [0.2, 0.25) is 0 Å². The second kappa shape index (κ2) is 8.37. The molecule has 0 aliphatic rings. The maximum absolute atomic E-state index is 12.4. The molecule has 0 unspecified atom stereocenters. The van der Waals surface area contributed by atoms with Gasteiger partial charge in [0.1, 0.15) is 0 Å². The van der Waals surface area contributed by atoms with Crippen LogP contribution in [0.5, 0.6) is 0 Å². The molecule has 0 atom stereocenters. The molecule has 0 fully saturated rings. The van der Waals surface area contributed by atoms with E-state index in [2.05, 4.69) is 26.0 Å². The van der Waals surface area contributed by atoms with E-state index in [1.165, 1.54) is 6.07 Å². The van der Waals surface area contributed by atoms with E-state index in [0.29, 0.717) is 22.5 Å². The van der Waals surface area contributed by atoms with Crippen LogP contribution in [-0.4, -0.2) is 14.3 Å². The predicted molar refractivity (Wildman–Crippen MR) is 111 cm³/mol. The van der Waals surface area contributed by atoms with Crippen LogP contribution in [0.3, 0.4) is 0 Å². The van der Waals surface area contributed by atoms with Crippen LogP contribution >= 0.6 is 15.9 Å². The normalized spacial score (nSPS) is 11.0. The Balaban J connectivity index is 1.72. The van der Waals surface area contributed by atoms with E-state index in [4.69, 9.17) is 0 Å². The monoisotopic (exact) mass is 444 g/mol. The highest BCUT2D eigenvalue weighted by atomic mass is 79.9. The summed E-state index contributed by atoms with van der Waals surface area (Å²) in [6.45, 7) is 0. The van der Waals surface area contributed by atoms with Crippen molar-refractivity contribution >= 4 is 43.2 Å². The van der Waals surface area contributed by atoms with Gasteiger partial charge in [-0.2, -0.15) is 0 Å². The third-order valence-corrected chi connectivity index (χ3v) is 5.43. The molecule has 138 valence electrons. The Kier molecular flexibility index (Phi) is 5.93. The summed E-state index contributed by atoms with van der Waals surface area (Å²) in [7, 11) is -3.58. The molecule has 0 spiro atoms. The van der Waals surface area contributed by atoms with Crippen LogP contribution < -0.4 is 10.0 Å². The lowest BCUT2D eigenvalue weighted by Crippen LogP contribution is -2.16. The first-order valence-electron chi connectivity index (χ1n) is 8.13. The number of hydrogen-bond acceptors (Lipinski definition) is 3. The van der Waals surface area contributed by atoms with E-state index < -0.39 is 10.0 Å². The minimum absolute atomic E-state index is 0.137. The second-order valence-electron chi connectivity index (χ2n) is 5.89. The maximum Gasteiger partial charge on any atom is 0.255 e. The van der Waals surface area contributed by atoms with Crippen LogP contribution in [0.25, 0.3) is 0 Å². The van der Waals surface area contributed by atoms with E-state index in [9.17, 15) is 13.2 Å². The molecule has 0 aliphatic heterocycles. The van der Waals surface area contributed by atoms with E-state index in [-0.39, 0.29) is 11.7 Å². The highest BCUT2D eigenvalue weighted by Crippen LogP contribution is 2.18. The minimum atomic E-state index is -3.58. The van der Waals surface area contributed by atoms with Crippen molar-refractivity contribution in [1.29, 1.82) is 0 Å². The molecule has 0 aromatic heterocycles. The molecule has 0 saturated heterocycles. The third kappa shape index (κ3) is 5.67. The smallest absolute Gasteiger partial charge is 0.255 e. The number of carbonyl (C=O) groups is 1. The molecule has 0 heterocycles. The maximum atomic E-state index is 12.4. The summed E-state index contributed by atoms with van der Waals surface area (Å²) in [6, 6.07) is 22.5. The predicted octanol–water partition coefficient (Wildman–Crippen LogP) is 4.64. The molecule has 3 rings (SSSR count). The van der Waals surface area contributed by atoms with Gasteiger partial charge >= 0.3 is 0 Å². The van der Waals surface area contributed by atoms with Gasteiger partial charge in [-0.1, -0.05) is 58.4 Å². The van der Waals surface area contributed by atoms with E-state index in [0.717, 1.165) is 4.47 Å². The first-order valence-corrected chi connectivity index (χ1v) is 10.6. The van der Waals surface area contributed by atoms with Crippen molar-refractivity contribution < 1.29 is 13.2 Å². The molecule has 3 aromatic carbocycles. The van der Waals surface area contributed by atoms with Crippen molar-refractivity contribution in [3.05, 3.63) is 94.5 Å². The fraction of sp³-hybridized carbons (Fsp3) is 0.0500. The number of nitrogens with one attached hydrogen (secondary N) is 2. The largest absolute Gasteiger partial charge is 0.322 e. The number of anilines is 2. The number of amides is 1. The van der Waals surface area contributed by atoms with E-state index in [1.54, 1.807) is 54.6 Å². The number of sulfonamides is 1. The zero-order chi connectivity index (χ0) is 19.3. The van der Waals surface area contributed by atoms with Gasteiger partial charge in [0.05, 0.1) is 5.75 Å². The van der Waals surface area contributed by atoms with Crippen molar-refractivity contribution in [3.63, 3.8) is 0 Å². The molecule has 0 bridgehead atoms. The third-order valence-electron chi connectivity index (χ3n) is 3.68. The van der Waals surface area contributed by atoms with Gasteiger partial charge in [-0.15, -0.1) is 0 Å². The lowest BCUT2D eigenvalue weighted by atomic mass is 10.2. The highest BCUT2D eigenvalue weighted by molar-refractivity contribution is 9.10. The van der Waals surface area contributed by atoms with E-state index >= 15 is 0 Å². The Bertz CT molecular complexity index is 1050. The lowest BCUT2D eigenvalue weighted by Gasteiger charge is -2.10. The van der Waals surface area contributed by atoms with Crippen LogP contribution in [0.4, 0.5) is 11.4 Å². The van der Waals surface area contributed by atoms with Crippen molar-refractivity contribution in [2.24, 2.45) is 0 Å². The Hall–Kier alpha value is -2.64.